The Labute approximate surface area is 99.8 Å². The maximum Gasteiger partial charge on any atom is 0.0519 e. The summed E-state index contributed by atoms with van der Waals surface area (Å²) in [6.45, 7) is 10.7. The van der Waals surface area contributed by atoms with E-state index in [0.29, 0.717) is 18.5 Å². The molecule has 96 valence electrons. The number of aliphatic hydroxyl groups excluding tert-OH is 2. The summed E-state index contributed by atoms with van der Waals surface area (Å²) in [6, 6.07) is 0.412. The van der Waals surface area contributed by atoms with Crippen molar-refractivity contribution in [3.8, 4) is 0 Å². The van der Waals surface area contributed by atoms with Gasteiger partial charge in [0.05, 0.1) is 13.2 Å². The molecule has 2 unspecified atom stereocenters. The Morgan fingerprint density at radius 1 is 1.31 bits per heavy atom. The van der Waals surface area contributed by atoms with Crippen molar-refractivity contribution in [3.05, 3.63) is 12.7 Å². The maximum absolute atomic E-state index is 9.26. The number of allylic oxidation sites excluding steroid dienone is 1. The summed E-state index contributed by atoms with van der Waals surface area (Å²) in [5.41, 5.74) is -0.420. The standard InChI is InChI=1S/C13H27NO2/c1-6-7-11(2)12(3)14(5)8-13(4,9-15)10-16/h6,11-12,15-16H,1,7-10H2,2-5H3. The predicted octanol–water partition coefficient (Wildman–Crippen LogP) is 1.51. The highest BCUT2D eigenvalue weighted by Crippen LogP contribution is 2.20. The van der Waals surface area contributed by atoms with Crippen molar-refractivity contribution in [2.75, 3.05) is 26.8 Å². The molecule has 0 aliphatic carbocycles. The van der Waals surface area contributed by atoms with Crippen molar-refractivity contribution in [1.29, 1.82) is 0 Å². The molecule has 0 saturated carbocycles. The average molecular weight is 229 g/mol. The van der Waals surface area contributed by atoms with E-state index in [9.17, 15) is 10.2 Å². The number of hydrogen-bond acceptors (Lipinski definition) is 3. The van der Waals surface area contributed by atoms with Gasteiger partial charge in [-0.1, -0.05) is 19.9 Å². The molecular formula is C13H27NO2. The monoisotopic (exact) mass is 229 g/mol. The van der Waals surface area contributed by atoms with E-state index in [1.807, 2.05) is 20.0 Å². The summed E-state index contributed by atoms with van der Waals surface area (Å²) in [6.07, 6.45) is 2.92. The summed E-state index contributed by atoms with van der Waals surface area (Å²) in [5.74, 6) is 0.532. The lowest BCUT2D eigenvalue weighted by Gasteiger charge is -2.36. The third-order valence-corrected chi connectivity index (χ3v) is 3.45. The molecule has 3 heteroatoms. The summed E-state index contributed by atoms with van der Waals surface area (Å²) >= 11 is 0. The minimum Gasteiger partial charge on any atom is -0.396 e. The van der Waals surface area contributed by atoms with Gasteiger partial charge in [0.1, 0.15) is 0 Å². The van der Waals surface area contributed by atoms with Crippen LogP contribution in [0.2, 0.25) is 0 Å². The van der Waals surface area contributed by atoms with Gasteiger partial charge < -0.3 is 15.1 Å². The minimum absolute atomic E-state index is 0.0103. The van der Waals surface area contributed by atoms with Crippen molar-refractivity contribution < 1.29 is 10.2 Å². The second kappa shape index (κ2) is 7.05. The van der Waals surface area contributed by atoms with Crippen LogP contribution in [0.25, 0.3) is 0 Å². The van der Waals surface area contributed by atoms with Gasteiger partial charge in [0, 0.05) is 18.0 Å². The van der Waals surface area contributed by atoms with Gasteiger partial charge >= 0.3 is 0 Å². The van der Waals surface area contributed by atoms with Crippen molar-refractivity contribution >= 4 is 0 Å². The number of hydrogen-bond donors (Lipinski definition) is 2. The largest absolute Gasteiger partial charge is 0.396 e. The second-order valence-electron chi connectivity index (χ2n) is 5.28. The Balaban J connectivity index is 4.33. The second-order valence-corrected chi connectivity index (χ2v) is 5.28. The molecule has 0 aromatic rings. The van der Waals surface area contributed by atoms with Crippen LogP contribution in [0.1, 0.15) is 27.2 Å². The normalized spacial score (nSPS) is 16.2. The molecule has 0 aromatic carbocycles. The Morgan fingerprint density at radius 2 is 1.81 bits per heavy atom. The first kappa shape index (κ1) is 15.6. The highest BCUT2D eigenvalue weighted by Gasteiger charge is 2.27. The van der Waals surface area contributed by atoms with Crippen LogP contribution in [-0.2, 0) is 0 Å². The molecule has 2 N–H and O–H groups in total. The SMILES string of the molecule is C=CCC(C)C(C)N(C)CC(C)(CO)CO. The van der Waals surface area contributed by atoms with Gasteiger partial charge in [0.25, 0.3) is 0 Å². The number of aliphatic hydroxyl groups is 2. The zero-order valence-corrected chi connectivity index (χ0v) is 11.1. The first-order valence-corrected chi connectivity index (χ1v) is 5.93. The molecule has 0 rings (SSSR count). The Bertz CT molecular complexity index is 202. The summed E-state index contributed by atoms with van der Waals surface area (Å²) in [5, 5.41) is 18.5. The van der Waals surface area contributed by atoms with E-state index >= 15 is 0 Å². The molecule has 0 radical (unpaired) electrons. The van der Waals surface area contributed by atoms with Crippen molar-refractivity contribution in [3.63, 3.8) is 0 Å². The summed E-state index contributed by atoms with van der Waals surface area (Å²) in [4.78, 5) is 2.20. The van der Waals surface area contributed by atoms with Gasteiger partial charge in [0.15, 0.2) is 0 Å². The van der Waals surface area contributed by atoms with Gasteiger partial charge in [-0.2, -0.15) is 0 Å². The molecule has 0 aliphatic rings. The van der Waals surface area contributed by atoms with Crippen molar-refractivity contribution in [2.24, 2.45) is 11.3 Å². The lowest BCUT2D eigenvalue weighted by molar-refractivity contribution is 0.0263. The topological polar surface area (TPSA) is 43.7 Å². The molecule has 0 aromatic heterocycles. The van der Waals surface area contributed by atoms with Gasteiger partial charge in [-0.25, -0.2) is 0 Å². The van der Waals surface area contributed by atoms with Crippen LogP contribution >= 0.6 is 0 Å². The van der Waals surface area contributed by atoms with Gasteiger partial charge in [-0.3, -0.25) is 0 Å². The molecular weight excluding hydrogens is 202 g/mol. The fraction of sp³-hybridized carbons (Fsp3) is 0.846. The van der Waals surface area contributed by atoms with Crippen LogP contribution in [-0.4, -0.2) is 48.0 Å². The first-order valence-electron chi connectivity index (χ1n) is 5.93. The van der Waals surface area contributed by atoms with Crippen molar-refractivity contribution in [2.45, 2.75) is 33.2 Å². The third kappa shape index (κ3) is 4.64. The molecule has 3 nitrogen and oxygen atoms in total. The molecule has 0 aliphatic heterocycles. The summed E-state index contributed by atoms with van der Waals surface area (Å²) < 4.78 is 0. The van der Waals surface area contributed by atoms with Crippen LogP contribution in [0, 0.1) is 11.3 Å². The van der Waals surface area contributed by atoms with Crippen LogP contribution in [0.4, 0.5) is 0 Å². The fourth-order valence-corrected chi connectivity index (χ4v) is 1.79. The maximum atomic E-state index is 9.26. The van der Waals surface area contributed by atoms with Gasteiger partial charge in [-0.15, -0.1) is 6.58 Å². The Hall–Kier alpha value is -0.380. The Kier molecular flexibility index (Phi) is 6.88. The smallest absolute Gasteiger partial charge is 0.0519 e. The average Bonchev–Trinajstić information content (AvgIpc) is 2.28. The molecule has 2 atom stereocenters. The van der Waals surface area contributed by atoms with E-state index in [4.69, 9.17) is 0 Å². The molecule has 0 spiro atoms. The molecule has 0 fully saturated rings. The lowest BCUT2D eigenvalue weighted by Crippen LogP contribution is -2.44. The zero-order chi connectivity index (χ0) is 12.8. The van der Waals surface area contributed by atoms with E-state index in [-0.39, 0.29) is 13.2 Å². The lowest BCUT2D eigenvalue weighted by atomic mass is 9.90. The van der Waals surface area contributed by atoms with Crippen LogP contribution in [0.15, 0.2) is 12.7 Å². The molecule has 16 heavy (non-hydrogen) atoms. The van der Waals surface area contributed by atoms with E-state index in [0.717, 1.165) is 6.42 Å². The molecule has 0 heterocycles. The van der Waals surface area contributed by atoms with E-state index in [1.165, 1.54) is 0 Å². The first-order chi connectivity index (χ1) is 7.40. The minimum atomic E-state index is -0.420. The summed E-state index contributed by atoms with van der Waals surface area (Å²) in [7, 11) is 2.04. The van der Waals surface area contributed by atoms with E-state index in [1.54, 1.807) is 0 Å². The third-order valence-electron chi connectivity index (χ3n) is 3.45. The Morgan fingerprint density at radius 3 is 2.19 bits per heavy atom. The molecule has 0 saturated heterocycles. The van der Waals surface area contributed by atoms with Crippen LogP contribution in [0.5, 0.6) is 0 Å². The molecule has 0 amide bonds. The highest BCUT2D eigenvalue weighted by atomic mass is 16.3. The predicted molar refractivity (Wildman–Crippen MR) is 68.3 cm³/mol. The number of rotatable bonds is 8. The quantitative estimate of drug-likeness (QED) is 0.620. The van der Waals surface area contributed by atoms with Crippen LogP contribution in [0.3, 0.4) is 0 Å². The fourth-order valence-electron chi connectivity index (χ4n) is 1.79. The van der Waals surface area contributed by atoms with Crippen molar-refractivity contribution in [1.82, 2.24) is 4.90 Å². The van der Waals surface area contributed by atoms with Gasteiger partial charge in [0.2, 0.25) is 0 Å². The molecule has 0 bridgehead atoms. The van der Waals surface area contributed by atoms with E-state index in [2.05, 4.69) is 25.3 Å². The zero-order valence-electron chi connectivity index (χ0n) is 11.1. The number of nitrogens with zero attached hydrogens (tertiary/aromatic N) is 1. The van der Waals surface area contributed by atoms with Crippen LogP contribution < -0.4 is 0 Å². The highest BCUT2D eigenvalue weighted by molar-refractivity contribution is 4.82. The van der Waals surface area contributed by atoms with Gasteiger partial charge in [-0.05, 0) is 26.3 Å². The van der Waals surface area contributed by atoms with E-state index < -0.39 is 5.41 Å².